The standard InChI is InChI=1S/C12H17N5/c1-9-14-5-4-10(16-9)11(13-2)8-12-15-6-7-17(12)3/h4-7,11,13H,8H2,1-3H3. The fourth-order valence-electron chi connectivity index (χ4n) is 1.80. The Hall–Kier alpha value is -1.75. The van der Waals surface area contributed by atoms with Gasteiger partial charge in [-0.25, -0.2) is 15.0 Å². The maximum atomic E-state index is 4.44. The first kappa shape index (κ1) is 11.7. The number of hydrogen-bond acceptors (Lipinski definition) is 4. The van der Waals surface area contributed by atoms with Crippen molar-refractivity contribution in [3.63, 3.8) is 0 Å². The molecule has 2 heterocycles. The van der Waals surface area contributed by atoms with Gasteiger partial charge in [0.05, 0.1) is 11.7 Å². The van der Waals surface area contributed by atoms with Crippen LogP contribution in [0.15, 0.2) is 24.7 Å². The van der Waals surface area contributed by atoms with Crippen molar-refractivity contribution in [3.05, 3.63) is 42.0 Å². The Labute approximate surface area is 101 Å². The molecular weight excluding hydrogens is 214 g/mol. The predicted octanol–water partition coefficient (Wildman–Crippen LogP) is 1.02. The van der Waals surface area contributed by atoms with Gasteiger partial charge in [-0.05, 0) is 20.0 Å². The van der Waals surface area contributed by atoms with Crippen LogP contribution < -0.4 is 5.32 Å². The molecule has 0 aliphatic carbocycles. The molecule has 0 aliphatic rings. The molecule has 0 saturated heterocycles. The average Bonchev–Trinajstić information content (AvgIpc) is 2.71. The highest BCUT2D eigenvalue weighted by Crippen LogP contribution is 2.14. The lowest BCUT2D eigenvalue weighted by molar-refractivity contribution is 0.547. The Morgan fingerprint density at radius 3 is 2.76 bits per heavy atom. The summed E-state index contributed by atoms with van der Waals surface area (Å²) in [4.78, 5) is 12.9. The first-order valence-corrected chi connectivity index (χ1v) is 5.63. The van der Waals surface area contributed by atoms with Crippen molar-refractivity contribution in [2.24, 2.45) is 7.05 Å². The van der Waals surface area contributed by atoms with Gasteiger partial charge in [-0.1, -0.05) is 0 Å². The van der Waals surface area contributed by atoms with Crippen molar-refractivity contribution in [2.45, 2.75) is 19.4 Å². The van der Waals surface area contributed by atoms with Gasteiger partial charge in [0.1, 0.15) is 11.6 Å². The van der Waals surface area contributed by atoms with E-state index in [0.717, 1.165) is 23.8 Å². The van der Waals surface area contributed by atoms with E-state index in [0.29, 0.717) is 0 Å². The Morgan fingerprint density at radius 2 is 2.18 bits per heavy atom. The zero-order valence-corrected chi connectivity index (χ0v) is 10.4. The van der Waals surface area contributed by atoms with Gasteiger partial charge >= 0.3 is 0 Å². The number of hydrogen-bond donors (Lipinski definition) is 1. The third-order valence-corrected chi connectivity index (χ3v) is 2.81. The maximum Gasteiger partial charge on any atom is 0.125 e. The largest absolute Gasteiger partial charge is 0.338 e. The normalized spacial score (nSPS) is 12.6. The summed E-state index contributed by atoms with van der Waals surface area (Å²) in [6, 6.07) is 2.11. The summed E-state index contributed by atoms with van der Waals surface area (Å²) in [7, 11) is 3.94. The van der Waals surface area contributed by atoms with Crippen molar-refractivity contribution < 1.29 is 0 Å². The molecule has 0 aromatic carbocycles. The second kappa shape index (κ2) is 5.05. The molecular formula is C12H17N5. The minimum absolute atomic E-state index is 0.165. The van der Waals surface area contributed by atoms with E-state index in [1.165, 1.54) is 0 Å². The van der Waals surface area contributed by atoms with E-state index >= 15 is 0 Å². The molecule has 2 aromatic heterocycles. The van der Waals surface area contributed by atoms with E-state index in [9.17, 15) is 0 Å². The molecule has 5 heteroatoms. The lowest BCUT2D eigenvalue weighted by Crippen LogP contribution is -2.22. The Bertz CT molecular complexity index is 491. The number of nitrogens with zero attached hydrogens (tertiary/aromatic N) is 4. The molecule has 90 valence electrons. The lowest BCUT2D eigenvalue weighted by atomic mass is 10.1. The summed E-state index contributed by atoms with van der Waals surface area (Å²) in [6.45, 7) is 1.90. The van der Waals surface area contributed by atoms with E-state index in [4.69, 9.17) is 0 Å². The molecule has 1 unspecified atom stereocenters. The summed E-state index contributed by atoms with van der Waals surface area (Å²) in [5, 5.41) is 3.27. The van der Waals surface area contributed by atoms with Crippen LogP contribution in [0.4, 0.5) is 0 Å². The van der Waals surface area contributed by atoms with E-state index in [1.54, 1.807) is 6.20 Å². The lowest BCUT2D eigenvalue weighted by Gasteiger charge is -2.15. The first-order valence-electron chi connectivity index (χ1n) is 5.63. The van der Waals surface area contributed by atoms with Gasteiger partial charge in [-0.3, -0.25) is 0 Å². The number of rotatable bonds is 4. The number of imidazole rings is 1. The molecule has 1 N–H and O–H groups in total. The van der Waals surface area contributed by atoms with Crippen LogP contribution in [-0.2, 0) is 13.5 Å². The van der Waals surface area contributed by atoms with Gasteiger partial charge < -0.3 is 9.88 Å². The highest BCUT2D eigenvalue weighted by atomic mass is 15.0. The van der Waals surface area contributed by atoms with Gasteiger partial charge in [-0.2, -0.15) is 0 Å². The van der Waals surface area contributed by atoms with E-state index < -0.39 is 0 Å². The molecule has 17 heavy (non-hydrogen) atoms. The van der Waals surface area contributed by atoms with Crippen LogP contribution in [-0.4, -0.2) is 26.6 Å². The molecule has 0 aliphatic heterocycles. The van der Waals surface area contributed by atoms with Crippen LogP contribution in [0.2, 0.25) is 0 Å². The first-order chi connectivity index (χ1) is 8.20. The third-order valence-electron chi connectivity index (χ3n) is 2.81. The minimum Gasteiger partial charge on any atom is -0.338 e. The second-order valence-electron chi connectivity index (χ2n) is 4.03. The molecule has 2 rings (SSSR count). The number of aromatic nitrogens is 4. The quantitative estimate of drug-likeness (QED) is 0.853. The van der Waals surface area contributed by atoms with Crippen LogP contribution in [0.1, 0.15) is 23.4 Å². The second-order valence-corrected chi connectivity index (χ2v) is 4.03. The number of nitrogens with one attached hydrogen (secondary N) is 1. The SMILES string of the molecule is CNC(Cc1nccn1C)c1ccnc(C)n1. The number of likely N-dealkylation sites (N-methyl/N-ethyl adjacent to an activating group) is 1. The highest BCUT2D eigenvalue weighted by molar-refractivity contribution is 5.10. The molecule has 1 atom stereocenters. The molecule has 0 radical (unpaired) electrons. The highest BCUT2D eigenvalue weighted by Gasteiger charge is 2.14. The monoisotopic (exact) mass is 231 g/mol. The van der Waals surface area contributed by atoms with Gasteiger partial charge in [0.15, 0.2) is 0 Å². The van der Waals surface area contributed by atoms with Gasteiger partial charge in [0.25, 0.3) is 0 Å². The zero-order chi connectivity index (χ0) is 12.3. The smallest absolute Gasteiger partial charge is 0.125 e. The van der Waals surface area contributed by atoms with Crippen LogP contribution >= 0.6 is 0 Å². The summed E-state index contributed by atoms with van der Waals surface area (Å²) < 4.78 is 2.03. The molecule has 5 nitrogen and oxygen atoms in total. The van der Waals surface area contributed by atoms with E-state index in [2.05, 4.69) is 20.3 Å². The Balaban J connectivity index is 2.20. The number of aryl methyl sites for hydroxylation is 2. The summed E-state index contributed by atoms with van der Waals surface area (Å²) in [6.07, 6.45) is 6.37. The fourth-order valence-corrected chi connectivity index (χ4v) is 1.80. The summed E-state index contributed by atoms with van der Waals surface area (Å²) in [5.41, 5.74) is 1.00. The molecule has 0 saturated carbocycles. The minimum atomic E-state index is 0.165. The topological polar surface area (TPSA) is 55.6 Å². The van der Waals surface area contributed by atoms with Crippen molar-refractivity contribution >= 4 is 0 Å². The van der Waals surface area contributed by atoms with Crippen LogP contribution in [0, 0.1) is 6.92 Å². The van der Waals surface area contributed by atoms with E-state index in [-0.39, 0.29) is 6.04 Å². The Morgan fingerprint density at radius 1 is 1.35 bits per heavy atom. The zero-order valence-electron chi connectivity index (χ0n) is 10.4. The molecule has 2 aromatic rings. The fraction of sp³-hybridized carbons (Fsp3) is 0.417. The van der Waals surface area contributed by atoms with Crippen molar-refractivity contribution in [3.8, 4) is 0 Å². The van der Waals surface area contributed by atoms with Crippen molar-refractivity contribution in [2.75, 3.05) is 7.05 Å². The summed E-state index contributed by atoms with van der Waals surface area (Å²) >= 11 is 0. The molecule has 0 amide bonds. The molecule has 0 spiro atoms. The van der Waals surface area contributed by atoms with Gasteiger partial charge in [-0.15, -0.1) is 0 Å². The molecule has 0 fully saturated rings. The van der Waals surface area contributed by atoms with Crippen molar-refractivity contribution in [1.82, 2.24) is 24.8 Å². The average molecular weight is 231 g/mol. The molecule has 0 bridgehead atoms. The van der Waals surface area contributed by atoms with Crippen LogP contribution in [0.5, 0.6) is 0 Å². The summed E-state index contributed by atoms with van der Waals surface area (Å²) in [5.74, 6) is 1.84. The maximum absolute atomic E-state index is 4.44. The van der Waals surface area contributed by atoms with E-state index in [1.807, 2.05) is 44.0 Å². The van der Waals surface area contributed by atoms with Gasteiger partial charge in [0.2, 0.25) is 0 Å². The predicted molar refractivity (Wildman–Crippen MR) is 65.5 cm³/mol. The van der Waals surface area contributed by atoms with Gasteiger partial charge in [0, 0.05) is 32.1 Å². The Kier molecular flexibility index (Phi) is 3.49. The third kappa shape index (κ3) is 2.68. The van der Waals surface area contributed by atoms with Crippen molar-refractivity contribution in [1.29, 1.82) is 0 Å². The van der Waals surface area contributed by atoms with Crippen LogP contribution in [0.3, 0.4) is 0 Å². The van der Waals surface area contributed by atoms with Crippen LogP contribution in [0.25, 0.3) is 0 Å².